The Labute approximate surface area is 132 Å². The number of halogens is 1. The Kier molecular flexibility index (Phi) is 4.77. The molecule has 0 unspecified atom stereocenters. The zero-order valence-corrected chi connectivity index (χ0v) is 12.9. The van der Waals surface area contributed by atoms with Gasteiger partial charge >= 0.3 is 0 Å². The van der Waals surface area contributed by atoms with Gasteiger partial charge in [0.2, 0.25) is 0 Å². The monoisotopic (exact) mass is 322 g/mol. The van der Waals surface area contributed by atoms with E-state index in [0.717, 1.165) is 23.9 Å². The highest BCUT2D eigenvalue weighted by Crippen LogP contribution is 2.22. The van der Waals surface area contributed by atoms with Crippen LogP contribution in [0.2, 0.25) is 5.02 Å². The fourth-order valence-electron chi connectivity index (χ4n) is 1.97. The fraction of sp³-hybridized carbons (Fsp3) is 0.286. The normalized spacial score (nSPS) is 10.5. The molecule has 0 atom stereocenters. The third-order valence-corrected chi connectivity index (χ3v) is 3.53. The summed E-state index contributed by atoms with van der Waals surface area (Å²) in [4.78, 5) is 22.2. The number of aryl methyl sites for hydroxylation is 2. The molecule has 22 heavy (non-hydrogen) atoms. The Balaban J connectivity index is 2.09. The first-order valence-electron chi connectivity index (χ1n) is 6.67. The molecule has 0 saturated heterocycles. The second-order valence-electron chi connectivity index (χ2n) is 4.70. The quantitative estimate of drug-likeness (QED) is 0.677. The third-order valence-electron chi connectivity index (χ3n) is 3.22. The van der Waals surface area contributed by atoms with Crippen molar-refractivity contribution in [3.8, 4) is 0 Å². The number of non-ortho nitro benzene ring substituents is 1. The Morgan fingerprint density at radius 1 is 1.50 bits per heavy atom. The molecule has 2 rings (SSSR count). The van der Waals surface area contributed by atoms with Crippen LogP contribution in [-0.4, -0.2) is 20.6 Å². The predicted octanol–water partition coefficient (Wildman–Crippen LogP) is 2.70. The number of aromatic nitrogens is 2. The zero-order chi connectivity index (χ0) is 16.3. The number of rotatable bonds is 5. The first-order chi connectivity index (χ1) is 10.4. The Morgan fingerprint density at radius 3 is 2.77 bits per heavy atom. The number of hydrogen-bond donors (Lipinski definition) is 1. The second-order valence-corrected chi connectivity index (χ2v) is 5.11. The summed E-state index contributed by atoms with van der Waals surface area (Å²) < 4.78 is 1.79. The smallest absolute Gasteiger partial charge is 0.270 e. The average Bonchev–Trinajstić information content (AvgIpc) is 2.85. The first-order valence-corrected chi connectivity index (χ1v) is 7.05. The third kappa shape index (κ3) is 3.43. The van der Waals surface area contributed by atoms with Gasteiger partial charge in [-0.15, -0.1) is 0 Å². The van der Waals surface area contributed by atoms with Crippen molar-refractivity contribution in [3.05, 3.63) is 56.4 Å². The van der Waals surface area contributed by atoms with E-state index in [1.807, 2.05) is 20.0 Å². The van der Waals surface area contributed by atoms with Crippen LogP contribution in [0.5, 0.6) is 0 Å². The van der Waals surface area contributed by atoms with Crippen molar-refractivity contribution in [2.75, 3.05) is 0 Å². The van der Waals surface area contributed by atoms with Gasteiger partial charge in [-0.1, -0.05) is 11.6 Å². The molecule has 0 spiro atoms. The molecular weight excluding hydrogens is 308 g/mol. The van der Waals surface area contributed by atoms with Crippen molar-refractivity contribution in [1.82, 2.24) is 15.1 Å². The van der Waals surface area contributed by atoms with E-state index in [4.69, 9.17) is 11.6 Å². The van der Waals surface area contributed by atoms with Crippen LogP contribution in [0.1, 0.15) is 28.5 Å². The van der Waals surface area contributed by atoms with Crippen LogP contribution in [0.3, 0.4) is 0 Å². The van der Waals surface area contributed by atoms with Crippen LogP contribution in [0, 0.1) is 17.0 Å². The van der Waals surface area contributed by atoms with Gasteiger partial charge in [0.1, 0.15) is 0 Å². The lowest BCUT2D eigenvalue weighted by Crippen LogP contribution is -2.23. The van der Waals surface area contributed by atoms with Crippen LogP contribution in [0.4, 0.5) is 5.69 Å². The molecule has 0 fully saturated rings. The van der Waals surface area contributed by atoms with Gasteiger partial charge in [-0.05, 0) is 19.9 Å². The molecule has 0 bridgehead atoms. The van der Waals surface area contributed by atoms with Crippen LogP contribution in [-0.2, 0) is 13.1 Å². The highest BCUT2D eigenvalue weighted by molar-refractivity contribution is 6.34. The summed E-state index contributed by atoms with van der Waals surface area (Å²) in [5.41, 5.74) is 1.81. The lowest BCUT2D eigenvalue weighted by atomic mass is 10.2. The SMILES string of the molecule is CCn1cc(CNC(=O)c2ccc([N+](=O)[O-])cc2Cl)c(C)n1. The van der Waals surface area contributed by atoms with Gasteiger partial charge in [0.15, 0.2) is 0 Å². The van der Waals surface area contributed by atoms with Crippen LogP contribution >= 0.6 is 11.6 Å². The molecule has 1 aromatic carbocycles. The minimum atomic E-state index is -0.559. The molecule has 0 aliphatic rings. The Morgan fingerprint density at radius 2 is 2.23 bits per heavy atom. The molecule has 1 aromatic heterocycles. The fourth-order valence-corrected chi connectivity index (χ4v) is 2.23. The molecule has 8 heteroatoms. The Hall–Kier alpha value is -2.41. The number of nitrogens with zero attached hydrogens (tertiary/aromatic N) is 3. The van der Waals surface area contributed by atoms with Gasteiger partial charge in [0, 0.05) is 37.0 Å². The molecule has 0 aliphatic heterocycles. The predicted molar refractivity (Wildman–Crippen MR) is 81.9 cm³/mol. The zero-order valence-electron chi connectivity index (χ0n) is 12.2. The molecule has 0 saturated carbocycles. The highest BCUT2D eigenvalue weighted by atomic mass is 35.5. The van der Waals surface area contributed by atoms with Crippen LogP contribution < -0.4 is 5.32 Å². The summed E-state index contributed by atoms with van der Waals surface area (Å²) in [6, 6.07) is 3.76. The minimum Gasteiger partial charge on any atom is -0.348 e. The molecular formula is C14H15ClN4O3. The van der Waals surface area contributed by atoms with E-state index in [0.29, 0.717) is 6.54 Å². The van der Waals surface area contributed by atoms with Crippen LogP contribution in [0.15, 0.2) is 24.4 Å². The molecule has 0 radical (unpaired) electrons. The van der Waals surface area contributed by atoms with Gasteiger partial charge in [0.25, 0.3) is 11.6 Å². The van der Waals surface area contributed by atoms with E-state index in [1.165, 1.54) is 12.1 Å². The topological polar surface area (TPSA) is 90.1 Å². The highest BCUT2D eigenvalue weighted by Gasteiger charge is 2.15. The lowest BCUT2D eigenvalue weighted by Gasteiger charge is -2.06. The number of nitrogens with one attached hydrogen (secondary N) is 1. The molecule has 0 aliphatic carbocycles. The van der Waals surface area contributed by atoms with Crippen LogP contribution in [0.25, 0.3) is 0 Å². The molecule has 1 N–H and O–H groups in total. The van der Waals surface area contributed by atoms with E-state index >= 15 is 0 Å². The summed E-state index contributed by atoms with van der Waals surface area (Å²) in [5, 5.41) is 17.7. The number of hydrogen-bond acceptors (Lipinski definition) is 4. The summed E-state index contributed by atoms with van der Waals surface area (Å²) in [7, 11) is 0. The Bertz CT molecular complexity index is 727. The number of carbonyl (C=O) groups is 1. The van der Waals surface area contributed by atoms with Gasteiger partial charge < -0.3 is 5.32 Å². The molecule has 2 aromatic rings. The minimum absolute atomic E-state index is 0.0488. The van der Waals surface area contributed by atoms with Crippen molar-refractivity contribution in [3.63, 3.8) is 0 Å². The lowest BCUT2D eigenvalue weighted by molar-refractivity contribution is -0.384. The summed E-state index contributed by atoms with van der Waals surface area (Å²) >= 11 is 5.93. The first kappa shape index (κ1) is 16.0. The van der Waals surface area contributed by atoms with Crippen molar-refractivity contribution in [2.45, 2.75) is 26.9 Å². The second kappa shape index (κ2) is 6.57. The van der Waals surface area contributed by atoms with Gasteiger partial charge in [-0.3, -0.25) is 19.6 Å². The molecule has 1 heterocycles. The van der Waals surface area contributed by atoms with Crippen molar-refractivity contribution in [2.24, 2.45) is 0 Å². The van der Waals surface area contributed by atoms with Crippen molar-refractivity contribution >= 4 is 23.2 Å². The van der Waals surface area contributed by atoms with E-state index in [1.54, 1.807) is 4.68 Å². The number of nitro benzene ring substituents is 1. The summed E-state index contributed by atoms with van der Waals surface area (Å²) in [6.07, 6.45) is 1.87. The van der Waals surface area contributed by atoms with Gasteiger partial charge in [-0.25, -0.2) is 0 Å². The largest absolute Gasteiger partial charge is 0.348 e. The standard InChI is InChI=1S/C14H15ClN4O3/c1-3-18-8-10(9(2)17-18)7-16-14(20)12-5-4-11(19(21)22)6-13(12)15/h4-6,8H,3,7H2,1-2H3,(H,16,20). The van der Waals surface area contributed by atoms with E-state index in [-0.39, 0.29) is 22.2 Å². The number of amides is 1. The summed E-state index contributed by atoms with van der Waals surface area (Å²) in [5.74, 6) is -0.386. The number of benzene rings is 1. The van der Waals surface area contributed by atoms with E-state index < -0.39 is 4.92 Å². The molecule has 1 amide bonds. The van der Waals surface area contributed by atoms with E-state index in [2.05, 4.69) is 10.4 Å². The average molecular weight is 323 g/mol. The van der Waals surface area contributed by atoms with E-state index in [9.17, 15) is 14.9 Å². The van der Waals surface area contributed by atoms with Crippen molar-refractivity contribution < 1.29 is 9.72 Å². The van der Waals surface area contributed by atoms with Gasteiger partial charge in [-0.2, -0.15) is 5.10 Å². The maximum Gasteiger partial charge on any atom is 0.270 e. The summed E-state index contributed by atoms with van der Waals surface area (Å²) in [6.45, 7) is 4.92. The number of nitro groups is 1. The maximum absolute atomic E-state index is 12.1. The van der Waals surface area contributed by atoms with Gasteiger partial charge in [0.05, 0.1) is 21.2 Å². The molecule has 7 nitrogen and oxygen atoms in total. The number of carbonyl (C=O) groups excluding carboxylic acids is 1. The molecule has 116 valence electrons. The maximum atomic E-state index is 12.1. The van der Waals surface area contributed by atoms with Crippen molar-refractivity contribution in [1.29, 1.82) is 0 Å².